The monoisotopic (exact) mass is 444 g/mol. The fourth-order valence-electron chi connectivity index (χ4n) is 3.75. The number of nitrogens with zero attached hydrogens (tertiary/aromatic N) is 2. The summed E-state index contributed by atoms with van der Waals surface area (Å²) in [5.41, 5.74) is 2.27. The highest BCUT2D eigenvalue weighted by atomic mass is 19.4. The summed E-state index contributed by atoms with van der Waals surface area (Å²) in [6.45, 7) is 4.29. The molecule has 0 fully saturated rings. The first-order chi connectivity index (χ1) is 15.3. The van der Waals surface area contributed by atoms with Gasteiger partial charge in [0.25, 0.3) is 5.91 Å². The van der Waals surface area contributed by atoms with Gasteiger partial charge in [-0.2, -0.15) is 18.3 Å². The van der Waals surface area contributed by atoms with Gasteiger partial charge in [0.2, 0.25) is 0 Å². The smallest absolute Gasteiger partial charge is 0.410 e. The van der Waals surface area contributed by atoms with Crippen molar-refractivity contribution < 1.29 is 22.7 Å². The van der Waals surface area contributed by atoms with Gasteiger partial charge in [0.15, 0.2) is 6.04 Å². The molecule has 1 aliphatic heterocycles. The average Bonchev–Trinajstić information content (AvgIpc) is 3.18. The maximum Gasteiger partial charge on any atom is 0.410 e. The standard InChI is InChI=1S/C23H23F3N4O2/c1-3-32-17-10-8-16(9-11-17)28-22(31)18-13-27-30-20(23(24,25)26)12-19(29-21(18)30)15-6-4-14(2)5-7-15/h4-11,13,19-20,29H,3,12H2,1-2H3,(H,28,31)/t19-,20-/m1/s1. The number of alkyl halides is 3. The second-order valence-corrected chi connectivity index (χ2v) is 7.66. The van der Waals surface area contributed by atoms with Crippen molar-refractivity contribution in [3.8, 4) is 5.75 Å². The Morgan fingerprint density at radius 1 is 1.19 bits per heavy atom. The van der Waals surface area contributed by atoms with E-state index in [4.69, 9.17) is 4.74 Å². The van der Waals surface area contributed by atoms with Crippen LogP contribution >= 0.6 is 0 Å². The molecular weight excluding hydrogens is 421 g/mol. The molecule has 1 aliphatic rings. The van der Waals surface area contributed by atoms with Crippen LogP contribution in [-0.4, -0.2) is 28.5 Å². The highest BCUT2D eigenvalue weighted by Crippen LogP contribution is 2.44. The third-order valence-electron chi connectivity index (χ3n) is 5.39. The van der Waals surface area contributed by atoms with E-state index < -0.39 is 24.2 Å². The van der Waals surface area contributed by atoms with Crippen molar-refractivity contribution in [2.45, 2.75) is 38.5 Å². The summed E-state index contributed by atoms with van der Waals surface area (Å²) in [5.74, 6) is 0.157. The Hall–Kier alpha value is -3.49. The number of nitrogens with one attached hydrogen (secondary N) is 2. The molecular formula is C23H23F3N4O2. The number of hydrogen-bond donors (Lipinski definition) is 2. The van der Waals surface area contributed by atoms with Crippen LogP contribution in [0, 0.1) is 6.92 Å². The van der Waals surface area contributed by atoms with Crippen LogP contribution in [-0.2, 0) is 0 Å². The molecule has 2 aromatic carbocycles. The minimum atomic E-state index is -4.51. The van der Waals surface area contributed by atoms with Gasteiger partial charge in [-0.05, 0) is 43.7 Å². The molecule has 0 saturated carbocycles. The van der Waals surface area contributed by atoms with Gasteiger partial charge in [0.1, 0.15) is 17.1 Å². The molecule has 168 valence electrons. The normalized spacial score (nSPS) is 17.9. The van der Waals surface area contributed by atoms with Gasteiger partial charge in [-0.15, -0.1) is 0 Å². The minimum Gasteiger partial charge on any atom is -0.494 e. The van der Waals surface area contributed by atoms with Crippen molar-refractivity contribution in [3.05, 3.63) is 71.4 Å². The van der Waals surface area contributed by atoms with E-state index in [1.54, 1.807) is 36.4 Å². The highest BCUT2D eigenvalue weighted by molar-refractivity contribution is 6.07. The Bertz CT molecular complexity index is 1090. The zero-order valence-corrected chi connectivity index (χ0v) is 17.6. The van der Waals surface area contributed by atoms with Gasteiger partial charge < -0.3 is 15.4 Å². The first-order valence-corrected chi connectivity index (χ1v) is 10.3. The van der Waals surface area contributed by atoms with E-state index in [0.717, 1.165) is 15.8 Å². The lowest BCUT2D eigenvalue weighted by atomic mass is 9.96. The fourth-order valence-corrected chi connectivity index (χ4v) is 3.75. The van der Waals surface area contributed by atoms with E-state index >= 15 is 0 Å². The van der Waals surface area contributed by atoms with Gasteiger partial charge in [-0.1, -0.05) is 29.8 Å². The van der Waals surface area contributed by atoms with Crippen molar-refractivity contribution in [2.75, 3.05) is 17.2 Å². The molecule has 0 aliphatic carbocycles. The molecule has 32 heavy (non-hydrogen) atoms. The number of benzene rings is 2. The van der Waals surface area contributed by atoms with Crippen LogP contribution in [0.3, 0.4) is 0 Å². The summed E-state index contributed by atoms with van der Waals surface area (Å²) in [7, 11) is 0. The maximum absolute atomic E-state index is 13.8. The van der Waals surface area contributed by atoms with Crippen LogP contribution in [0.2, 0.25) is 0 Å². The van der Waals surface area contributed by atoms with Crippen LogP contribution in [0.1, 0.15) is 46.9 Å². The summed E-state index contributed by atoms with van der Waals surface area (Å²) >= 11 is 0. The number of fused-ring (bicyclic) bond motifs is 1. The average molecular weight is 444 g/mol. The summed E-state index contributed by atoms with van der Waals surface area (Å²) in [6, 6.07) is 11.6. The van der Waals surface area contributed by atoms with E-state index in [-0.39, 0.29) is 17.8 Å². The van der Waals surface area contributed by atoms with Crippen molar-refractivity contribution in [1.82, 2.24) is 9.78 Å². The van der Waals surface area contributed by atoms with Crippen molar-refractivity contribution in [3.63, 3.8) is 0 Å². The van der Waals surface area contributed by atoms with Crippen LogP contribution in [0.15, 0.2) is 54.7 Å². The largest absolute Gasteiger partial charge is 0.494 e. The SMILES string of the molecule is CCOc1ccc(NC(=O)c2cnn3c2N[C@@H](c2ccc(C)cc2)C[C@@H]3C(F)(F)F)cc1. The van der Waals surface area contributed by atoms with E-state index in [1.165, 1.54) is 6.20 Å². The number of aryl methyl sites for hydroxylation is 1. The van der Waals surface area contributed by atoms with E-state index in [9.17, 15) is 18.0 Å². The van der Waals surface area contributed by atoms with Gasteiger partial charge in [-0.25, -0.2) is 4.68 Å². The molecule has 0 spiro atoms. The lowest BCUT2D eigenvalue weighted by Gasteiger charge is -2.34. The predicted octanol–water partition coefficient (Wildman–Crippen LogP) is 5.50. The molecule has 0 unspecified atom stereocenters. The first-order valence-electron chi connectivity index (χ1n) is 10.3. The summed E-state index contributed by atoms with van der Waals surface area (Å²) in [6.07, 6.45) is -3.56. The molecule has 2 heterocycles. The zero-order chi connectivity index (χ0) is 22.9. The Morgan fingerprint density at radius 3 is 2.50 bits per heavy atom. The number of aromatic nitrogens is 2. The van der Waals surface area contributed by atoms with Crippen molar-refractivity contribution in [2.24, 2.45) is 0 Å². The Labute approximate surface area is 183 Å². The van der Waals surface area contributed by atoms with Gasteiger partial charge >= 0.3 is 6.18 Å². The van der Waals surface area contributed by atoms with Crippen molar-refractivity contribution >= 4 is 17.4 Å². The van der Waals surface area contributed by atoms with Gasteiger partial charge in [0.05, 0.1) is 18.8 Å². The molecule has 0 saturated heterocycles. The molecule has 2 atom stereocenters. The third-order valence-corrected chi connectivity index (χ3v) is 5.39. The quantitative estimate of drug-likeness (QED) is 0.545. The lowest BCUT2D eigenvalue weighted by molar-refractivity contribution is -0.173. The fraction of sp³-hybridized carbons (Fsp3) is 0.304. The highest BCUT2D eigenvalue weighted by Gasteiger charge is 2.47. The summed E-state index contributed by atoms with van der Waals surface area (Å²) in [4.78, 5) is 12.9. The number of amides is 1. The molecule has 0 bridgehead atoms. The number of rotatable bonds is 5. The second-order valence-electron chi connectivity index (χ2n) is 7.66. The molecule has 3 aromatic rings. The van der Waals surface area contributed by atoms with Crippen LogP contribution < -0.4 is 15.4 Å². The molecule has 6 nitrogen and oxygen atoms in total. The Kier molecular flexibility index (Phi) is 5.82. The predicted molar refractivity (Wildman–Crippen MR) is 115 cm³/mol. The Morgan fingerprint density at radius 2 is 1.88 bits per heavy atom. The lowest BCUT2D eigenvalue weighted by Crippen LogP contribution is -2.36. The number of ether oxygens (including phenoxy) is 1. The molecule has 9 heteroatoms. The van der Waals surface area contributed by atoms with E-state index in [2.05, 4.69) is 15.7 Å². The second kappa shape index (κ2) is 8.57. The summed E-state index contributed by atoms with van der Waals surface area (Å²) in [5, 5.41) is 9.71. The number of anilines is 2. The molecule has 1 amide bonds. The van der Waals surface area contributed by atoms with Crippen LogP contribution in [0.5, 0.6) is 5.75 Å². The molecule has 1 aromatic heterocycles. The van der Waals surface area contributed by atoms with Gasteiger partial charge in [0, 0.05) is 12.1 Å². The van der Waals surface area contributed by atoms with Gasteiger partial charge in [-0.3, -0.25) is 4.79 Å². The maximum atomic E-state index is 13.8. The molecule has 2 N–H and O–H groups in total. The Balaban J connectivity index is 1.62. The molecule has 4 rings (SSSR count). The van der Waals surface area contributed by atoms with E-state index in [0.29, 0.717) is 18.0 Å². The van der Waals surface area contributed by atoms with Crippen LogP contribution in [0.4, 0.5) is 24.7 Å². The topological polar surface area (TPSA) is 68.2 Å². The number of carbonyl (C=O) groups is 1. The number of carbonyl (C=O) groups excluding carboxylic acids is 1. The first kappa shape index (κ1) is 21.7. The zero-order valence-electron chi connectivity index (χ0n) is 17.6. The molecule has 0 radical (unpaired) electrons. The van der Waals surface area contributed by atoms with E-state index in [1.807, 2.05) is 26.0 Å². The number of halogens is 3. The van der Waals surface area contributed by atoms with Crippen LogP contribution in [0.25, 0.3) is 0 Å². The minimum absolute atomic E-state index is 0.0462. The summed E-state index contributed by atoms with van der Waals surface area (Å²) < 4.78 is 47.7. The number of hydrogen-bond acceptors (Lipinski definition) is 4. The van der Waals surface area contributed by atoms with Crippen molar-refractivity contribution in [1.29, 1.82) is 0 Å². The third kappa shape index (κ3) is 4.42.